The molecule has 1 saturated heterocycles. The van der Waals surface area contributed by atoms with Crippen LogP contribution in [0.3, 0.4) is 0 Å². The number of anilines is 1. The third-order valence-electron chi connectivity index (χ3n) is 3.26. The van der Waals surface area contributed by atoms with Crippen molar-refractivity contribution in [1.82, 2.24) is 9.97 Å². The number of aliphatic hydroxyl groups is 1. The molecule has 7 heteroatoms. The number of nitrogens with zero attached hydrogens (tertiary/aromatic N) is 4. The van der Waals surface area contributed by atoms with E-state index in [1.807, 2.05) is 4.90 Å². The largest absolute Gasteiger partial charge is 0.396 e. The highest BCUT2D eigenvalue weighted by molar-refractivity contribution is 5.78. The molecule has 1 aliphatic rings. The molecule has 0 saturated carbocycles. The van der Waals surface area contributed by atoms with E-state index >= 15 is 0 Å². The van der Waals surface area contributed by atoms with Crippen molar-refractivity contribution >= 4 is 22.5 Å². The Labute approximate surface area is 108 Å². The lowest BCUT2D eigenvalue weighted by molar-refractivity contribution is -0.384. The Kier molecular flexibility index (Phi) is 2.75. The maximum absolute atomic E-state index is 10.7. The van der Waals surface area contributed by atoms with Gasteiger partial charge in [-0.3, -0.25) is 15.1 Å². The van der Waals surface area contributed by atoms with Crippen molar-refractivity contribution in [3.05, 3.63) is 34.5 Å². The minimum atomic E-state index is -0.448. The molecule has 0 aliphatic carbocycles. The summed E-state index contributed by atoms with van der Waals surface area (Å²) in [6.07, 6.45) is 1.61. The molecule has 0 atom stereocenters. The van der Waals surface area contributed by atoms with Gasteiger partial charge in [0.15, 0.2) is 0 Å². The number of aromatic nitrogens is 2. The average molecular weight is 260 g/mol. The van der Waals surface area contributed by atoms with Crippen LogP contribution in [0.4, 0.5) is 11.5 Å². The summed E-state index contributed by atoms with van der Waals surface area (Å²) in [4.78, 5) is 20.9. The zero-order valence-electron chi connectivity index (χ0n) is 10.1. The minimum Gasteiger partial charge on any atom is -0.396 e. The van der Waals surface area contributed by atoms with Crippen LogP contribution in [0.25, 0.3) is 11.0 Å². The molecular weight excluding hydrogens is 248 g/mol. The summed E-state index contributed by atoms with van der Waals surface area (Å²) in [5, 5.41) is 19.6. The van der Waals surface area contributed by atoms with Gasteiger partial charge in [-0.15, -0.1) is 0 Å². The van der Waals surface area contributed by atoms with E-state index in [9.17, 15) is 10.1 Å². The zero-order valence-corrected chi connectivity index (χ0v) is 10.1. The van der Waals surface area contributed by atoms with E-state index in [-0.39, 0.29) is 12.3 Å². The van der Waals surface area contributed by atoms with Gasteiger partial charge in [0.1, 0.15) is 5.82 Å². The van der Waals surface area contributed by atoms with Crippen molar-refractivity contribution in [2.24, 2.45) is 5.92 Å². The minimum absolute atomic E-state index is 0.0128. The summed E-state index contributed by atoms with van der Waals surface area (Å²) in [7, 11) is 0. The highest BCUT2D eigenvalue weighted by Crippen LogP contribution is 2.24. The van der Waals surface area contributed by atoms with Gasteiger partial charge in [-0.1, -0.05) is 0 Å². The van der Waals surface area contributed by atoms with Gasteiger partial charge in [0.05, 0.1) is 22.2 Å². The monoisotopic (exact) mass is 260 g/mol. The molecule has 2 heterocycles. The van der Waals surface area contributed by atoms with Gasteiger partial charge in [0.2, 0.25) is 0 Å². The molecule has 1 aromatic heterocycles. The lowest BCUT2D eigenvalue weighted by Gasteiger charge is -2.38. The number of benzene rings is 1. The molecule has 1 aliphatic heterocycles. The van der Waals surface area contributed by atoms with E-state index in [0.29, 0.717) is 17.0 Å². The predicted molar refractivity (Wildman–Crippen MR) is 69.0 cm³/mol. The Morgan fingerprint density at radius 3 is 2.89 bits per heavy atom. The smallest absolute Gasteiger partial charge is 0.271 e. The first-order valence-corrected chi connectivity index (χ1v) is 5.94. The van der Waals surface area contributed by atoms with Crippen LogP contribution < -0.4 is 4.90 Å². The molecule has 1 N–H and O–H groups in total. The molecule has 0 spiro atoms. The number of nitro groups is 1. The third-order valence-corrected chi connectivity index (χ3v) is 3.26. The van der Waals surface area contributed by atoms with E-state index in [0.717, 1.165) is 18.9 Å². The van der Waals surface area contributed by atoms with Gasteiger partial charge in [-0.2, -0.15) is 0 Å². The number of nitro benzene ring substituents is 1. The van der Waals surface area contributed by atoms with Crippen molar-refractivity contribution in [3.8, 4) is 0 Å². The molecule has 3 rings (SSSR count). The van der Waals surface area contributed by atoms with Crippen LogP contribution in [0.2, 0.25) is 0 Å². The number of hydrogen-bond donors (Lipinski definition) is 1. The van der Waals surface area contributed by atoms with Crippen LogP contribution in [0, 0.1) is 16.0 Å². The predicted octanol–water partition coefficient (Wildman–Crippen LogP) is 0.966. The fourth-order valence-corrected chi connectivity index (χ4v) is 2.13. The molecule has 0 bridgehead atoms. The molecule has 19 heavy (non-hydrogen) atoms. The lowest BCUT2D eigenvalue weighted by atomic mass is 10.0. The van der Waals surface area contributed by atoms with Gasteiger partial charge in [0, 0.05) is 37.7 Å². The van der Waals surface area contributed by atoms with Crippen molar-refractivity contribution in [2.75, 3.05) is 24.6 Å². The highest BCUT2D eigenvalue weighted by atomic mass is 16.6. The van der Waals surface area contributed by atoms with E-state index in [2.05, 4.69) is 9.97 Å². The number of hydrogen-bond acceptors (Lipinski definition) is 6. The van der Waals surface area contributed by atoms with E-state index in [1.165, 1.54) is 12.1 Å². The van der Waals surface area contributed by atoms with Crippen molar-refractivity contribution in [1.29, 1.82) is 0 Å². The molecule has 1 aromatic carbocycles. The molecule has 0 unspecified atom stereocenters. The first-order chi connectivity index (χ1) is 9.17. The normalized spacial score (nSPS) is 15.5. The van der Waals surface area contributed by atoms with E-state index < -0.39 is 4.92 Å². The maximum Gasteiger partial charge on any atom is 0.271 e. The third kappa shape index (κ3) is 2.08. The summed E-state index contributed by atoms with van der Waals surface area (Å²) >= 11 is 0. The van der Waals surface area contributed by atoms with Crippen LogP contribution in [0.1, 0.15) is 0 Å². The maximum atomic E-state index is 10.7. The van der Waals surface area contributed by atoms with Crippen LogP contribution in [0.15, 0.2) is 24.4 Å². The number of aliphatic hydroxyl groups excluding tert-OH is 1. The second-order valence-corrected chi connectivity index (χ2v) is 4.61. The number of non-ortho nitro benzene ring substituents is 1. The van der Waals surface area contributed by atoms with Gasteiger partial charge in [0.25, 0.3) is 5.69 Å². The number of fused-ring (bicyclic) bond motifs is 1. The molecule has 1 fully saturated rings. The second kappa shape index (κ2) is 4.43. The first-order valence-electron chi connectivity index (χ1n) is 5.94. The molecule has 2 aromatic rings. The van der Waals surface area contributed by atoms with E-state index in [4.69, 9.17) is 5.11 Å². The fourth-order valence-electron chi connectivity index (χ4n) is 2.13. The van der Waals surface area contributed by atoms with Crippen LogP contribution in [-0.2, 0) is 0 Å². The average Bonchev–Trinajstić information content (AvgIpc) is 2.36. The van der Waals surface area contributed by atoms with Gasteiger partial charge in [-0.05, 0) is 6.07 Å². The topological polar surface area (TPSA) is 92.4 Å². The van der Waals surface area contributed by atoms with Crippen LogP contribution in [-0.4, -0.2) is 39.7 Å². The highest BCUT2D eigenvalue weighted by Gasteiger charge is 2.27. The molecule has 0 radical (unpaired) electrons. The zero-order chi connectivity index (χ0) is 13.4. The van der Waals surface area contributed by atoms with E-state index in [1.54, 1.807) is 12.3 Å². The van der Waals surface area contributed by atoms with Gasteiger partial charge >= 0.3 is 0 Å². The van der Waals surface area contributed by atoms with Gasteiger partial charge < -0.3 is 10.0 Å². The summed E-state index contributed by atoms with van der Waals surface area (Å²) in [6.45, 7) is 1.72. The van der Waals surface area contributed by atoms with Gasteiger partial charge in [-0.25, -0.2) is 4.98 Å². The lowest BCUT2D eigenvalue weighted by Crippen LogP contribution is -2.48. The van der Waals surface area contributed by atoms with Crippen LogP contribution >= 0.6 is 0 Å². The SMILES string of the molecule is O=[N+]([O-])c1ccc2nc(N3CC(CO)C3)cnc2c1. The quantitative estimate of drug-likeness (QED) is 0.653. The summed E-state index contributed by atoms with van der Waals surface area (Å²) in [5.41, 5.74) is 1.16. The Bertz CT molecular complexity index is 640. The molecule has 0 amide bonds. The Hall–Kier alpha value is -2.28. The first kappa shape index (κ1) is 11.8. The Morgan fingerprint density at radius 1 is 1.42 bits per heavy atom. The second-order valence-electron chi connectivity index (χ2n) is 4.61. The summed E-state index contributed by atoms with van der Waals surface area (Å²) in [6, 6.07) is 4.44. The Morgan fingerprint density at radius 2 is 2.21 bits per heavy atom. The Balaban J connectivity index is 1.90. The van der Waals surface area contributed by atoms with Crippen LogP contribution in [0.5, 0.6) is 0 Å². The molecular formula is C12H12N4O3. The van der Waals surface area contributed by atoms with Crippen molar-refractivity contribution in [2.45, 2.75) is 0 Å². The van der Waals surface area contributed by atoms with Crippen molar-refractivity contribution in [3.63, 3.8) is 0 Å². The molecule has 7 nitrogen and oxygen atoms in total. The van der Waals surface area contributed by atoms with Crippen molar-refractivity contribution < 1.29 is 10.0 Å². The summed E-state index contributed by atoms with van der Waals surface area (Å²) in [5.74, 6) is 1.04. The molecule has 98 valence electrons. The fraction of sp³-hybridized carbons (Fsp3) is 0.333. The number of rotatable bonds is 3. The summed E-state index contributed by atoms with van der Waals surface area (Å²) < 4.78 is 0. The standard InChI is InChI=1S/C12H12N4O3/c17-7-8-5-15(6-8)12-4-13-11-3-9(16(18)19)1-2-10(11)14-12/h1-4,8,17H,5-7H2.